The van der Waals surface area contributed by atoms with Crippen LogP contribution >= 0.6 is 0 Å². The minimum Gasteiger partial charge on any atom is -0.481 e. The van der Waals surface area contributed by atoms with Crippen molar-refractivity contribution < 1.29 is 44.2 Å². The molecular formula is C12H18O9. The average Bonchev–Trinajstić information content (AvgIpc) is 2.39. The van der Waals surface area contributed by atoms with Gasteiger partial charge in [-0.3, -0.25) is 19.4 Å². The van der Waals surface area contributed by atoms with E-state index < -0.39 is 23.9 Å². The van der Waals surface area contributed by atoms with Crippen molar-refractivity contribution in [2.24, 2.45) is 0 Å². The van der Waals surface area contributed by atoms with E-state index in [1.165, 1.54) is 0 Å². The second-order valence-electron chi connectivity index (χ2n) is 4.18. The van der Waals surface area contributed by atoms with E-state index in [-0.39, 0.29) is 25.7 Å². The normalized spacial score (nSPS) is 9.90. The molecule has 0 atom stereocenters. The Balaban J connectivity index is 3.46. The summed E-state index contributed by atoms with van der Waals surface area (Å²) in [5.74, 6) is -3.45. The largest absolute Gasteiger partial charge is 0.481 e. The lowest BCUT2D eigenvalue weighted by molar-refractivity contribution is -0.459. The van der Waals surface area contributed by atoms with Crippen molar-refractivity contribution in [1.82, 2.24) is 0 Å². The fourth-order valence-corrected chi connectivity index (χ4v) is 1.27. The van der Waals surface area contributed by atoms with Gasteiger partial charge < -0.3 is 10.2 Å². The Kier molecular flexibility index (Phi) is 10.5. The summed E-state index contributed by atoms with van der Waals surface area (Å²) in [5, 5.41) is 20.7. The molecule has 0 unspecified atom stereocenters. The fraction of sp³-hybridized carbons (Fsp3) is 0.667. The van der Waals surface area contributed by atoms with E-state index in [1.807, 2.05) is 0 Å². The van der Waals surface area contributed by atoms with Crippen LogP contribution in [0.25, 0.3) is 0 Å². The fourth-order valence-electron chi connectivity index (χ4n) is 1.27. The third-order valence-corrected chi connectivity index (χ3v) is 2.30. The highest BCUT2D eigenvalue weighted by atomic mass is 17.5. The lowest BCUT2D eigenvalue weighted by Gasteiger charge is -2.02. The highest BCUT2D eigenvalue weighted by Crippen LogP contribution is 2.04. The molecular weight excluding hydrogens is 288 g/mol. The van der Waals surface area contributed by atoms with Crippen LogP contribution in [0.2, 0.25) is 0 Å². The first-order chi connectivity index (χ1) is 9.91. The lowest BCUT2D eigenvalue weighted by Crippen LogP contribution is -2.10. The van der Waals surface area contributed by atoms with E-state index in [4.69, 9.17) is 10.2 Å². The van der Waals surface area contributed by atoms with Gasteiger partial charge in [-0.05, 0) is 25.7 Å². The van der Waals surface area contributed by atoms with E-state index in [1.54, 1.807) is 0 Å². The zero-order valence-corrected chi connectivity index (χ0v) is 11.4. The number of carboxylic acids is 2. The number of rotatable bonds is 12. The standard InChI is InChI=1S/C12H18O9/c13-9(14)5-1-3-7-11(17)19-21-20-12(18)8-4-2-6-10(15)16/h1-8H2,(H,13,14)(H,15,16). The summed E-state index contributed by atoms with van der Waals surface area (Å²) < 4.78 is 0. The van der Waals surface area contributed by atoms with Crippen molar-refractivity contribution in [2.45, 2.75) is 51.4 Å². The number of carboxylic acid groups (broad SMARTS) is 2. The Labute approximate surface area is 120 Å². The van der Waals surface area contributed by atoms with E-state index >= 15 is 0 Å². The van der Waals surface area contributed by atoms with E-state index in [2.05, 4.69) is 14.8 Å². The summed E-state index contributed by atoms with van der Waals surface area (Å²) in [5.41, 5.74) is 0. The first-order valence-electron chi connectivity index (χ1n) is 6.42. The monoisotopic (exact) mass is 306 g/mol. The molecule has 9 nitrogen and oxygen atoms in total. The molecule has 0 spiro atoms. The first kappa shape index (κ1) is 18.8. The van der Waals surface area contributed by atoms with E-state index in [9.17, 15) is 19.2 Å². The highest BCUT2D eigenvalue weighted by molar-refractivity contribution is 5.70. The zero-order valence-electron chi connectivity index (χ0n) is 11.4. The minimum absolute atomic E-state index is 0.0422. The molecule has 0 aliphatic carbocycles. The van der Waals surface area contributed by atoms with Crippen molar-refractivity contribution >= 4 is 23.9 Å². The molecule has 0 fully saturated rings. The summed E-state index contributed by atoms with van der Waals surface area (Å²) in [6.07, 6.45) is 1.10. The molecule has 0 aromatic carbocycles. The Hall–Kier alpha value is -2.16. The molecule has 0 aromatic heterocycles. The van der Waals surface area contributed by atoms with Gasteiger partial charge in [0.1, 0.15) is 0 Å². The predicted molar refractivity (Wildman–Crippen MR) is 65.5 cm³/mol. The molecule has 9 heteroatoms. The molecule has 21 heavy (non-hydrogen) atoms. The predicted octanol–water partition coefficient (Wildman–Crippen LogP) is 1.21. The van der Waals surface area contributed by atoms with Gasteiger partial charge in [-0.2, -0.15) is 0 Å². The molecule has 120 valence electrons. The van der Waals surface area contributed by atoms with Crippen LogP contribution in [0.3, 0.4) is 0 Å². The zero-order chi connectivity index (χ0) is 16.1. The quantitative estimate of drug-likeness (QED) is 0.309. The van der Waals surface area contributed by atoms with Gasteiger partial charge in [0.05, 0.1) is 0 Å². The second kappa shape index (κ2) is 11.6. The summed E-state index contributed by atoms with van der Waals surface area (Å²) >= 11 is 0. The van der Waals surface area contributed by atoms with Crippen LogP contribution in [-0.2, 0) is 34.0 Å². The third kappa shape index (κ3) is 14.1. The minimum atomic E-state index is -0.948. The van der Waals surface area contributed by atoms with Crippen molar-refractivity contribution in [3.05, 3.63) is 0 Å². The summed E-state index contributed by atoms with van der Waals surface area (Å²) in [7, 11) is 0. The van der Waals surface area contributed by atoms with Gasteiger partial charge >= 0.3 is 23.9 Å². The first-order valence-corrected chi connectivity index (χ1v) is 6.42. The maximum Gasteiger partial charge on any atom is 0.346 e. The number of aliphatic carboxylic acids is 2. The van der Waals surface area contributed by atoms with Gasteiger partial charge in [0.15, 0.2) is 0 Å². The van der Waals surface area contributed by atoms with Crippen LogP contribution < -0.4 is 0 Å². The number of carbonyl (C=O) groups excluding carboxylic acids is 2. The summed E-state index contributed by atoms with van der Waals surface area (Å²) in [4.78, 5) is 50.8. The van der Waals surface area contributed by atoms with Crippen LogP contribution in [0.5, 0.6) is 0 Å². The van der Waals surface area contributed by atoms with Gasteiger partial charge in [0.25, 0.3) is 0 Å². The molecule has 0 aromatic rings. The molecule has 0 saturated carbocycles. The van der Waals surface area contributed by atoms with Gasteiger partial charge in [0, 0.05) is 30.7 Å². The van der Waals surface area contributed by atoms with Gasteiger partial charge in [-0.15, -0.1) is 0 Å². The third-order valence-electron chi connectivity index (χ3n) is 2.30. The molecule has 0 heterocycles. The molecule has 0 bridgehead atoms. The van der Waals surface area contributed by atoms with Crippen LogP contribution in [0, 0.1) is 0 Å². The topological polar surface area (TPSA) is 136 Å². The smallest absolute Gasteiger partial charge is 0.346 e. The maximum absolute atomic E-state index is 11.1. The molecule has 2 N–H and O–H groups in total. The average molecular weight is 306 g/mol. The SMILES string of the molecule is O=C(O)CCCCC(=O)OOOC(=O)CCCCC(=O)O. The molecule has 0 aliphatic heterocycles. The Morgan fingerprint density at radius 2 is 0.952 bits per heavy atom. The van der Waals surface area contributed by atoms with Gasteiger partial charge in [-0.1, -0.05) is 0 Å². The van der Waals surface area contributed by atoms with E-state index in [0.717, 1.165) is 0 Å². The number of carbonyl (C=O) groups is 4. The Bertz CT molecular complexity index is 330. The highest BCUT2D eigenvalue weighted by Gasteiger charge is 2.09. The van der Waals surface area contributed by atoms with Gasteiger partial charge in [-0.25, -0.2) is 9.59 Å². The van der Waals surface area contributed by atoms with Crippen molar-refractivity contribution in [1.29, 1.82) is 0 Å². The number of unbranched alkanes of at least 4 members (excludes halogenated alkanes) is 2. The number of hydrogen-bond donors (Lipinski definition) is 2. The molecule has 0 amide bonds. The van der Waals surface area contributed by atoms with E-state index in [0.29, 0.717) is 25.7 Å². The maximum atomic E-state index is 11.1. The molecule has 0 saturated heterocycles. The lowest BCUT2D eigenvalue weighted by atomic mass is 10.2. The van der Waals surface area contributed by atoms with Crippen LogP contribution in [-0.4, -0.2) is 34.1 Å². The van der Waals surface area contributed by atoms with Crippen molar-refractivity contribution in [2.75, 3.05) is 0 Å². The van der Waals surface area contributed by atoms with Gasteiger partial charge in [0.2, 0.25) is 0 Å². The van der Waals surface area contributed by atoms with Crippen molar-refractivity contribution in [3.63, 3.8) is 0 Å². The van der Waals surface area contributed by atoms with Crippen molar-refractivity contribution in [3.8, 4) is 0 Å². The number of hydrogen-bond acceptors (Lipinski definition) is 7. The molecule has 0 aliphatic rings. The summed E-state index contributed by atoms with van der Waals surface area (Å²) in [6, 6.07) is 0. The Morgan fingerprint density at radius 1 is 0.619 bits per heavy atom. The van der Waals surface area contributed by atoms with Crippen LogP contribution in [0.15, 0.2) is 0 Å². The van der Waals surface area contributed by atoms with Crippen LogP contribution in [0.4, 0.5) is 0 Å². The molecule has 0 radical (unpaired) electrons. The summed E-state index contributed by atoms with van der Waals surface area (Å²) in [6.45, 7) is 0. The molecule has 0 rings (SSSR count). The Morgan fingerprint density at radius 3 is 1.29 bits per heavy atom. The van der Waals surface area contributed by atoms with Crippen LogP contribution in [0.1, 0.15) is 51.4 Å². The second-order valence-corrected chi connectivity index (χ2v) is 4.18.